The number of benzene rings is 1. The van der Waals surface area contributed by atoms with Crippen LogP contribution in [-0.4, -0.2) is 10.7 Å². The van der Waals surface area contributed by atoms with Crippen LogP contribution in [0.2, 0.25) is 5.02 Å². The van der Waals surface area contributed by atoms with Crippen LogP contribution in [0.15, 0.2) is 18.2 Å². The van der Waals surface area contributed by atoms with Gasteiger partial charge in [0.2, 0.25) is 0 Å². The van der Waals surface area contributed by atoms with Crippen molar-refractivity contribution in [2.24, 2.45) is 0 Å². The van der Waals surface area contributed by atoms with Crippen molar-refractivity contribution in [2.45, 2.75) is 38.7 Å². The SMILES string of the molecule is CCCC(C)(O)Cc1cc(F)ccc1Cl. The van der Waals surface area contributed by atoms with E-state index in [0.29, 0.717) is 23.4 Å². The maximum atomic E-state index is 13.0. The number of aliphatic hydroxyl groups is 1. The van der Waals surface area contributed by atoms with Crippen LogP contribution in [-0.2, 0) is 6.42 Å². The molecule has 0 amide bonds. The molecule has 15 heavy (non-hydrogen) atoms. The molecule has 0 aliphatic heterocycles. The van der Waals surface area contributed by atoms with Gasteiger partial charge in [0.15, 0.2) is 0 Å². The third-order valence-corrected chi connectivity index (χ3v) is 2.74. The minimum absolute atomic E-state index is 0.318. The first-order valence-corrected chi connectivity index (χ1v) is 5.49. The highest BCUT2D eigenvalue weighted by Crippen LogP contribution is 2.24. The first-order chi connectivity index (χ1) is 6.94. The van der Waals surface area contributed by atoms with Crippen molar-refractivity contribution < 1.29 is 9.50 Å². The summed E-state index contributed by atoms with van der Waals surface area (Å²) in [5.74, 6) is -0.318. The van der Waals surface area contributed by atoms with E-state index < -0.39 is 5.60 Å². The Kier molecular flexibility index (Phi) is 4.12. The number of hydrogen-bond donors (Lipinski definition) is 1. The molecule has 0 saturated carbocycles. The van der Waals surface area contributed by atoms with Crippen molar-refractivity contribution in [1.82, 2.24) is 0 Å². The summed E-state index contributed by atoms with van der Waals surface area (Å²) in [5, 5.41) is 10.5. The van der Waals surface area contributed by atoms with Crippen LogP contribution in [0.5, 0.6) is 0 Å². The third kappa shape index (κ3) is 3.80. The van der Waals surface area contributed by atoms with Crippen LogP contribution in [0.4, 0.5) is 4.39 Å². The molecule has 84 valence electrons. The van der Waals surface area contributed by atoms with Crippen molar-refractivity contribution >= 4 is 11.6 Å². The molecule has 0 fully saturated rings. The smallest absolute Gasteiger partial charge is 0.123 e. The fraction of sp³-hybridized carbons (Fsp3) is 0.500. The Hall–Kier alpha value is -0.600. The molecule has 0 aliphatic carbocycles. The molecule has 0 heterocycles. The molecule has 0 bridgehead atoms. The molecule has 1 nitrogen and oxygen atoms in total. The van der Waals surface area contributed by atoms with Crippen molar-refractivity contribution in [1.29, 1.82) is 0 Å². The van der Waals surface area contributed by atoms with Gasteiger partial charge in [-0.3, -0.25) is 0 Å². The van der Waals surface area contributed by atoms with Gasteiger partial charge in [-0.05, 0) is 37.1 Å². The van der Waals surface area contributed by atoms with Gasteiger partial charge in [0.05, 0.1) is 5.60 Å². The van der Waals surface area contributed by atoms with Crippen molar-refractivity contribution in [3.8, 4) is 0 Å². The van der Waals surface area contributed by atoms with Gasteiger partial charge >= 0.3 is 0 Å². The highest BCUT2D eigenvalue weighted by Gasteiger charge is 2.21. The maximum absolute atomic E-state index is 13.0. The normalized spacial score (nSPS) is 15.0. The Morgan fingerprint density at radius 1 is 1.47 bits per heavy atom. The Labute approximate surface area is 94.9 Å². The minimum atomic E-state index is -0.813. The van der Waals surface area contributed by atoms with Crippen molar-refractivity contribution in [2.75, 3.05) is 0 Å². The molecule has 0 aromatic heterocycles. The quantitative estimate of drug-likeness (QED) is 0.839. The highest BCUT2D eigenvalue weighted by atomic mass is 35.5. The lowest BCUT2D eigenvalue weighted by Gasteiger charge is -2.23. The molecule has 0 radical (unpaired) electrons. The van der Waals surface area contributed by atoms with Gasteiger partial charge in [0.1, 0.15) is 5.82 Å². The van der Waals surface area contributed by atoms with Crippen LogP contribution in [0, 0.1) is 5.82 Å². The second-order valence-electron chi connectivity index (χ2n) is 4.16. The van der Waals surface area contributed by atoms with E-state index in [1.807, 2.05) is 6.92 Å². The molecule has 1 aromatic rings. The van der Waals surface area contributed by atoms with Gasteiger partial charge in [-0.25, -0.2) is 4.39 Å². The lowest BCUT2D eigenvalue weighted by atomic mass is 9.92. The fourth-order valence-corrected chi connectivity index (χ4v) is 1.90. The standard InChI is InChI=1S/C12H16ClFO/c1-3-6-12(2,15)8-9-7-10(14)4-5-11(9)13/h4-5,7,15H,3,6,8H2,1-2H3. The number of halogens is 2. The second kappa shape index (κ2) is 4.95. The fourth-order valence-electron chi connectivity index (χ4n) is 1.72. The molecule has 0 aliphatic rings. The Bertz CT molecular complexity index is 336. The molecule has 0 saturated heterocycles. The van der Waals surface area contributed by atoms with E-state index in [4.69, 9.17) is 11.6 Å². The van der Waals surface area contributed by atoms with Gasteiger partial charge in [-0.15, -0.1) is 0 Å². The molecule has 0 spiro atoms. The van der Waals surface area contributed by atoms with Crippen LogP contribution < -0.4 is 0 Å². The monoisotopic (exact) mass is 230 g/mol. The number of hydrogen-bond acceptors (Lipinski definition) is 1. The Balaban J connectivity index is 2.83. The summed E-state index contributed by atoms with van der Waals surface area (Å²) in [6, 6.07) is 4.22. The van der Waals surface area contributed by atoms with Gasteiger partial charge < -0.3 is 5.11 Å². The zero-order valence-corrected chi connectivity index (χ0v) is 9.81. The first kappa shape index (κ1) is 12.5. The van der Waals surface area contributed by atoms with E-state index in [1.165, 1.54) is 18.2 Å². The zero-order chi connectivity index (χ0) is 11.5. The maximum Gasteiger partial charge on any atom is 0.123 e. The third-order valence-electron chi connectivity index (χ3n) is 2.37. The summed E-state index contributed by atoms with van der Waals surface area (Å²) in [6.07, 6.45) is 1.96. The van der Waals surface area contributed by atoms with Crippen LogP contribution in [0.3, 0.4) is 0 Å². The predicted molar refractivity (Wildman–Crippen MR) is 60.6 cm³/mol. The molecule has 1 atom stereocenters. The number of rotatable bonds is 4. The summed E-state index contributed by atoms with van der Waals surface area (Å²) in [4.78, 5) is 0. The summed E-state index contributed by atoms with van der Waals surface area (Å²) < 4.78 is 13.0. The molecule has 3 heteroatoms. The lowest BCUT2D eigenvalue weighted by molar-refractivity contribution is 0.0505. The Morgan fingerprint density at radius 2 is 2.13 bits per heavy atom. The van der Waals surface area contributed by atoms with Gasteiger partial charge in [-0.1, -0.05) is 24.9 Å². The van der Waals surface area contributed by atoms with Gasteiger partial charge in [0, 0.05) is 11.4 Å². The lowest BCUT2D eigenvalue weighted by Crippen LogP contribution is -2.26. The molecule has 1 aromatic carbocycles. The van der Waals surface area contributed by atoms with E-state index in [-0.39, 0.29) is 5.82 Å². The summed E-state index contributed by atoms with van der Waals surface area (Å²) in [7, 11) is 0. The summed E-state index contributed by atoms with van der Waals surface area (Å²) in [6.45, 7) is 3.75. The van der Waals surface area contributed by atoms with E-state index in [1.54, 1.807) is 6.92 Å². The molecule has 1 unspecified atom stereocenters. The average molecular weight is 231 g/mol. The van der Waals surface area contributed by atoms with Gasteiger partial charge in [-0.2, -0.15) is 0 Å². The summed E-state index contributed by atoms with van der Waals surface area (Å²) >= 11 is 5.92. The first-order valence-electron chi connectivity index (χ1n) is 5.11. The minimum Gasteiger partial charge on any atom is -0.390 e. The second-order valence-corrected chi connectivity index (χ2v) is 4.57. The predicted octanol–water partition coefficient (Wildman–Crippen LogP) is 3.57. The van der Waals surface area contributed by atoms with Gasteiger partial charge in [0.25, 0.3) is 0 Å². The Morgan fingerprint density at radius 3 is 2.73 bits per heavy atom. The molecular formula is C12H16ClFO. The van der Waals surface area contributed by atoms with E-state index in [2.05, 4.69) is 0 Å². The van der Waals surface area contributed by atoms with Crippen molar-refractivity contribution in [3.05, 3.63) is 34.6 Å². The summed E-state index contributed by atoms with van der Waals surface area (Å²) in [5.41, 5.74) is -0.151. The molecular weight excluding hydrogens is 215 g/mol. The highest BCUT2D eigenvalue weighted by molar-refractivity contribution is 6.31. The molecule has 1 rings (SSSR count). The molecule has 1 N–H and O–H groups in total. The van der Waals surface area contributed by atoms with Crippen LogP contribution in [0.25, 0.3) is 0 Å². The van der Waals surface area contributed by atoms with E-state index in [9.17, 15) is 9.50 Å². The van der Waals surface area contributed by atoms with Crippen LogP contribution >= 0.6 is 11.6 Å². The largest absolute Gasteiger partial charge is 0.390 e. The average Bonchev–Trinajstić information content (AvgIpc) is 2.10. The zero-order valence-electron chi connectivity index (χ0n) is 9.06. The van der Waals surface area contributed by atoms with E-state index >= 15 is 0 Å². The topological polar surface area (TPSA) is 20.2 Å². The van der Waals surface area contributed by atoms with Crippen molar-refractivity contribution in [3.63, 3.8) is 0 Å². The van der Waals surface area contributed by atoms with E-state index in [0.717, 1.165) is 6.42 Å². The van der Waals surface area contributed by atoms with Crippen LogP contribution in [0.1, 0.15) is 32.3 Å².